The van der Waals surface area contributed by atoms with Crippen molar-refractivity contribution in [2.24, 2.45) is 17.6 Å². The number of ether oxygens (including phenoxy) is 1. The summed E-state index contributed by atoms with van der Waals surface area (Å²) >= 11 is 0. The van der Waals surface area contributed by atoms with Gasteiger partial charge in [0.05, 0.1) is 18.3 Å². The number of aliphatic carboxylic acids is 1. The second-order valence-corrected chi connectivity index (χ2v) is 9.92. The normalized spacial score (nSPS) is 12.8. The fourth-order valence-corrected chi connectivity index (χ4v) is 3.70. The van der Waals surface area contributed by atoms with Crippen LogP contribution in [-0.2, 0) is 16.0 Å². The Morgan fingerprint density at radius 3 is 2.30 bits per heavy atom. The molecule has 0 unspecified atom stereocenters. The molecule has 0 spiro atoms. The van der Waals surface area contributed by atoms with Gasteiger partial charge in [0.2, 0.25) is 5.91 Å². The van der Waals surface area contributed by atoms with E-state index in [4.69, 9.17) is 10.5 Å². The number of nitrogens with two attached hydrogens (primary N) is 1. The maximum Gasteiger partial charge on any atom is 0.326 e. The summed E-state index contributed by atoms with van der Waals surface area (Å²) < 4.78 is 5.87. The average Bonchev–Trinajstić information content (AvgIpc) is 2.86. The number of anilines is 1. The van der Waals surface area contributed by atoms with Crippen LogP contribution in [0, 0.1) is 11.8 Å². The fourth-order valence-electron chi connectivity index (χ4n) is 3.70. The highest BCUT2D eigenvalue weighted by Gasteiger charge is 2.23. The number of rotatable bonds is 11. The Bertz CT molecular complexity index is 1270. The van der Waals surface area contributed by atoms with Crippen molar-refractivity contribution in [2.45, 2.75) is 46.2 Å². The van der Waals surface area contributed by atoms with Crippen molar-refractivity contribution in [1.29, 1.82) is 0 Å². The summed E-state index contributed by atoms with van der Waals surface area (Å²) in [4.78, 5) is 37.5. The highest BCUT2D eigenvalue weighted by atomic mass is 16.5. The van der Waals surface area contributed by atoms with E-state index < -0.39 is 24.0 Å². The Balaban J connectivity index is 1.80. The zero-order valence-corrected chi connectivity index (χ0v) is 21.7. The monoisotopic (exact) mass is 505 g/mol. The fraction of sp³-hybridized carbons (Fsp3) is 0.345. The van der Waals surface area contributed by atoms with Gasteiger partial charge in [0, 0.05) is 12.0 Å². The molecule has 196 valence electrons. The summed E-state index contributed by atoms with van der Waals surface area (Å²) in [7, 11) is 0. The van der Waals surface area contributed by atoms with Crippen molar-refractivity contribution < 1.29 is 24.2 Å². The van der Waals surface area contributed by atoms with E-state index in [1.54, 1.807) is 6.07 Å². The SMILES string of the molecule is CC(C)COc1cc(C(=O)N[C@@H](Cc2ccc3ccccc3c2)C(=O)O)ccc1NC(=O)[C@@H](N)C(C)C. The first-order valence-electron chi connectivity index (χ1n) is 12.4. The number of hydrogen-bond donors (Lipinski definition) is 4. The molecular weight excluding hydrogens is 470 g/mol. The molecule has 0 aliphatic carbocycles. The van der Waals surface area contributed by atoms with Crippen molar-refractivity contribution in [2.75, 3.05) is 11.9 Å². The second-order valence-electron chi connectivity index (χ2n) is 9.92. The lowest BCUT2D eigenvalue weighted by atomic mass is 10.0. The van der Waals surface area contributed by atoms with E-state index in [9.17, 15) is 19.5 Å². The van der Waals surface area contributed by atoms with Crippen LogP contribution in [-0.4, -0.2) is 41.6 Å². The maximum absolute atomic E-state index is 13.0. The predicted octanol–water partition coefficient (Wildman–Crippen LogP) is 4.22. The number of carboxylic acid groups (broad SMARTS) is 1. The standard InChI is InChI=1S/C29H35N3O5/c1-17(2)16-37-25-15-22(11-12-23(25)31-28(34)26(30)18(3)4)27(33)32-24(29(35)36)14-19-9-10-20-7-5-6-8-21(20)13-19/h5-13,15,17-18,24,26H,14,16,30H2,1-4H3,(H,31,34)(H,32,33)(H,35,36)/t24-,26-/m0/s1. The van der Waals surface area contributed by atoms with E-state index in [0.717, 1.165) is 16.3 Å². The molecular formula is C29H35N3O5. The molecule has 0 radical (unpaired) electrons. The van der Waals surface area contributed by atoms with Crippen LogP contribution in [0.5, 0.6) is 5.75 Å². The first-order chi connectivity index (χ1) is 17.5. The molecule has 0 aromatic heterocycles. The van der Waals surface area contributed by atoms with Gasteiger partial charge in [-0.05, 0) is 46.4 Å². The Morgan fingerprint density at radius 2 is 1.65 bits per heavy atom. The molecule has 0 bridgehead atoms. The zero-order valence-electron chi connectivity index (χ0n) is 21.7. The largest absolute Gasteiger partial charge is 0.491 e. The first-order valence-corrected chi connectivity index (χ1v) is 12.4. The minimum atomic E-state index is -1.13. The van der Waals surface area contributed by atoms with E-state index in [1.807, 2.05) is 70.2 Å². The van der Waals surface area contributed by atoms with Crippen LogP contribution < -0.4 is 21.1 Å². The van der Waals surface area contributed by atoms with Gasteiger partial charge in [-0.2, -0.15) is 0 Å². The molecule has 2 atom stereocenters. The van der Waals surface area contributed by atoms with Crippen LogP contribution in [0.1, 0.15) is 43.6 Å². The van der Waals surface area contributed by atoms with Crippen molar-refractivity contribution in [3.05, 3.63) is 71.8 Å². The van der Waals surface area contributed by atoms with Crippen molar-refractivity contribution in [1.82, 2.24) is 5.32 Å². The molecule has 0 saturated heterocycles. The van der Waals surface area contributed by atoms with Crippen LogP contribution >= 0.6 is 0 Å². The van der Waals surface area contributed by atoms with Gasteiger partial charge < -0.3 is 26.2 Å². The molecule has 5 N–H and O–H groups in total. The summed E-state index contributed by atoms with van der Waals surface area (Å²) in [6.45, 7) is 8.03. The third-order valence-electron chi connectivity index (χ3n) is 5.95. The van der Waals surface area contributed by atoms with Crippen LogP contribution in [0.15, 0.2) is 60.7 Å². The lowest BCUT2D eigenvalue weighted by molar-refractivity contribution is -0.139. The van der Waals surface area contributed by atoms with Crippen LogP contribution in [0.4, 0.5) is 5.69 Å². The molecule has 3 aromatic rings. The summed E-state index contributed by atoms with van der Waals surface area (Å²) in [6, 6.07) is 16.3. The molecule has 0 aliphatic rings. The van der Waals surface area contributed by atoms with Gasteiger partial charge in [0.25, 0.3) is 5.91 Å². The molecule has 0 saturated carbocycles. The topological polar surface area (TPSA) is 131 Å². The maximum atomic E-state index is 13.0. The van der Waals surface area contributed by atoms with Gasteiger partial charge >= 0.3 is 5.97 Å². The lowest BCUT2D eigenvalue weighted by Crippen LogP contribution is -2.42. The van der Waals surface area contributed by atoms with E-state index in [2.05, 4.69) is 10.6 Å². The first kappa shape index (κ1) is 27.7. The lowest BCUT2D eigenvalue weighted by Gasteiger charge is -2.19. The summed E-state index contributed by atoms with van der Waals surface area (Å²) in [5.74, 6) is -1.59. The smallest absolute Gasteiger partial charge is 0.326 e. The molecule has 3 aromatic carbocycles. The minimum Gasteiger partial charge on any atom is -0.491 e. The molecule has 37 heavy (non-hydrogen) atoms. The number of carbonyl (C=O) groups excluding carboxylic acids is 2. The minimum absolute atomic E-state index is 0.0550. The Kier molecular flexibility index (Phi) is 9.25. The van der Waals surface area contributed by atoms with Crippen LogP contribution in [0.3, 0.4) is 0 Å². The summed E-state index contributed by atoms with van der Waals surface area (Å²) in [5, 5.41) is 17.2. The van der Waals surface area contributed by atoms with Crippen LogP contribution in [0.2, 0.25) is 0 Å². The number of fused-ring (bicyclic) bond motifs is 1. The number of benzene rings is 3. The molecule has 2 amide bonds. The number of hydrogen-bond acceptors (Lipinski definition) is 5. The van der Waals surface area contributed by atoms with E-state index in [-0.39, 0.29) is 29.7 Å². The van der Waals surface area contributed by atoms with E-state index in [0.29, 0.717) is 18.0 Å². The van der Waals surface area contributed by atoms with E-state index >= 15 is 0 Å². The quantitative estimate of drug-likeness (QED) is 0.309. The van der Waals surface area contributed by atoms with Gasteiger partial charge in [0.1, 0.15) is 11.8 Å². The third kappa shape index (κ3) is 7.54. The van der Waals surface area contributed by atoms with Gasteiger partial charge in [-0.15, -0.1) is 0 Å². The average molecular weight is 506 g/mol. The summed E-state index contributed by atoms with van der Waals surface area (Å²) in [6.07, 6.45) is 0.129. The molecule has 8 nitrogen and oxygen atoms in total. The predicted molar refractivity (Wildman–Crippen MR) is 145 cm³/mol. The zero-order chi connectivity index (χ0) is 27.1. The van der Waals surface area contributed by atoms with Crippen molar-refractivity contribution in [3.8, 4) is 5.75 Å². The highest BCUT2D eigenvalue weighted by molar-refractivity contribution is 6.00. The molecule has 0 fully saturated rings. The number of amides is 2. The summed E-state index contributed by atoms with van der Waals surface area (Å²) in [5.41, 5.74) is 7.37. The number of carboxylic acids is 1. The second kappa shape index (κ2) is 12.4. The molecule has 3 rings (SSSR count). The number of carbonyl (C=O) groups is 3. The molecule has 0 heterocycles. The van der Waals surface area contributed by atoms with E-state index in [1.165, 1.54) is 12.1 Å². The third-order valence-corrected chi connectivity index (χ3v) is 5.95. The Labute approximate surface area is 217 Å². The molecule has 0 aliphatic heterocycles. The Hall–Kier alpha value is -3.91. The Morgan fingerprint density at radius 1 is 0.946 bits per heavy atom. The number of nitrogens with one attached hydrogen (secondary N) is 2. The highest BCUT2D eigenvalue weighted by Crippen LogP contribution is 2.27. The van der Waals surface area contributed by atoms with Gasteiger partial charge in [-0.25, -0.2) is 4.79 Å². The van der Waals surface area contributed by atoms with Crippen LogP contribution in [0.25, 0.3) is 10.8 Å². The van der Waals surface area contributed by atoms with Gasteiger partial charge in [-0.1, -0.05) is 70.2 Å². The van der Waals surface area contributed by atoms with Crippen molar-refractivity contribution >= 4 is 34.2 Å². The van der Waals surface area contributed by atoms with Gasteiger partial charge in [0.15, 0.2) is 0 Å². The van der Waals surface area contributed by atoms with Gasteiger partial charge in [-0.3, -0.25) is 9.59 Å². The van der Waals surface area contributed by atoms with Crippen molar-refractivity contribution in [3.63, 3.8) is 0 Å². The molecule has 8 heteroatoms.